The highest BCUT2D eigenvalue weighted by Crippen LogP contribution is 2.09. The van der Waals surface area contributed by atoms with Crippen LogP contribution in [-0.4, -0.2) is 39.8 Å². The molecule has 0 spiro atoms. The van der Waals surface area contributed by atoms with Gasteiger partial charge in [0.15, 0.2) is 0 Å². The summed E-state index contributed by atoms with van der Waals surface area (Å²) in [6.45, 7) is 6.73. The van der Waals surface area contributed by atoms with Gasteiger partial charge < -0.3 is 4.90 Å². The van der Waals surface area contributed by atoms with Gasteiger partial charge in [0.05, 0.1) is 6.20 Å². The van der Waals surface area contributed by atoms with E-state index in [1.54, 1.807) is 0 Å². The predicted molar refractivity (Wildman–Crippen MR) is 76.3 cm³/mol. The molecule has 0 aliphatic rings. The van der Waals surface area contributed by atoms with Crippen LogP contribution in [0.3, 0.4) is 0 Å². The molecule has 4 heteroatoms. The third-order valence-electron chi connectivity index (χ3n) is 2.49. The first kappa shape index (κ1) is 14.6. The van der Waals surface area contributed by atoms with Gasteiger partial charge in [-0.05, 0) is 37.4 Å². The summed E-state index contributed by atoms with van der Waals surface area (Å²) >= 11 is 2.07. The molecule has 0 aliphatic heterocycles. The Balaban J connectivity index is 2.07. The summed E-state index contributed by atoms with van der Waals surface area (Å²) < 4.78 is 1.86. The summed E-state index contributed by atoms with van der Waals surface area (Å²) in [5, 5.41) is 4.18. The summed E-state index contributed by atoms with van der Waals surface area (Å²) in [6, 6.07) is 0. The Morgan fingerprint density at radius 3 is 2.82 bits per heavy atom. The molecule has 0 aliphatic carbocycles. The average molecular weight is 255 g/mol. The molecule has 0 amide bonds. The number of hydrogen-bond donors (Lipinski definition) is 0. The minimum absolute atomic E-state index is 0.813. The monoisotopic (exact) mass is 255 g/mol. The fourth-order valence-corrected chi connectivity index (χ4v) is 2.67. The van der Waals surface area contributed by atoms with Crippen LogP contribution in [0.4, 0.5) is 0 Å². The molecule has 0 N–H and O–H groups in total. The number of hydrogen-bond acceptors (Lipinski definition) is 3. The Labute approximate surface area is 110 Å². The summed E-state index contributed by atoms with van der Waals surface area (Å²) in [7, 11) is 4.15. The van der Waals surface area contributed by atoms with Crippen molar-refractivity contribution in [1.29, 1.82) is 0 Å². The maximum atomic E-state index is 4.18. The summed E-state index contributed by atoms with van der Waals surface area (Å²) in [4.78, 5) is 2.37. The first-order chi connectivity index (χ1) is 8.08. The summed E-state index contributed by atoms with van der Waals surface area (Å²) in [5.74, 6) is 3.37. The van der Waals surface area contributed by atoms with Gasteiger partial charge in [-0.1, -0.05) is 13.8 Å². The van der Waals surface area contributed by atoms with Crippen LogP contribution in [-0.2, 0) is 13.6 Å². The van der Waals surface area contributed by atoms with Crippen LogP contribution in [0, 0.1) is 5.92 Å². The molecule has 0 saturated carbocycles. The molecule has 0 bridgehead atoms. The van der Waals surface area contributed by atoms with Crippen molar-refractivity contribution in [2.45, 2.75) is 26.8 Å². The quantitative estimate of drug-likeness (QED) is 0.666. The number of aryl methyl sites for hydroxylation is 1. The Morgan fingerprint density at radius 1 is 1.47 bits per heavy atom. The van der Waals surface area contributed by atoms with Crippen molar-refractivity contribution in [3.8, 4) is 0 Å². The van der Waals surface area contributed by atoms with Gasteiger partial charge in [-0.25, -0.2) is 0 Å². The Hall–Kier alpha value is -0.480. The molecule has 0 atom stereocenters. The van der Waals surface area contributed by atoms with Crippen LogP contribution in [0.15, 0.2) is 12.4 Å². The smallest absolute Gasteiger partial charge is 0.0534 e. The maximum absolute atomic E-state index is 4.18. The fourth-order valence-electron chi connectivity index (χ4n) is 1.70. The number of rotatable bonds is 8. The molecule has 1 heterocycles. The molecule has 1 aromatic rings. The van der Waals surface area contributed by atoms with Gasteiger partial charge >= 0.3 is 0 Å². The highest BCUT2D eigenvalue weighted by molar-refractivity contribution is 7.99. The lowest BCUT2D eigenvalue weighted by molar-refractivity contribution is 0.328. The zero-order valence-electron chi connectivity index (χ0n) is 11.5. The van der Waals surface area contributed by atoms with E-state index in [2.05, 4.69) is 48.9 Å². The van der Waals surface area contributed by atoms with Gasteiger partial charge in [-0.15, -0.1) is 0 Å². The standard InChI is InChI=1S/C13H25N3S/c1-12(2)11-17-7-5-6-15(3)9-13-8-14-16(4)10-13/h8,10,12H,5-7,9,11H2,1-4H3. The van der Waals surface area contributed by atoms with Crippen LogP contribution in [0.2, 0.25) is 0 Å². The third-order valence-corrected chi connectivity index (χ3v) is 3.97. The summed E-state index contributed by atoms with van der Waals surface area (Å²) in [6.07, 6.45) is 5.31. The maximum Gasteiger partial charge on any atom is 0.0534 e. The molecule has 0 aromatic carbocycles. The fraction of sp³-hybridized carbons (Fsp3) is 0.769. The molecule has 1 rings (SSSR count). The predicted octanol–water partition coefficient (Wildman–Crippen LogP) is 2.63. The van der Waals surface area contributed by atoms with Gasteiger partial charge in [0.1, 0.15) is 0 Å². The van der Waals surface area contributed by atoms with Crippen LogP contribution in [0.25, 0.3) is 0 Å². The van der Waals surface area contributed by atoms with E-state index in [9.17, 15) is 0 Å². The summed E-state index contributed by atoms with van der Waals surface area (Å²) in [5.41, 5.74) is 1.30. The zero-order chi connectivity index (χ0) is 12.7. The van der Waals surface area contributed by atoms with E-state index in [-0.39, 0.29) is 0 Å². The topological polar surface area (TPSA) is 21.1 Å². The highest BCUT2D eigenvalue weighted by Gasteiger charge is 2.02. The molecule has 0 saturated heterocycles. The van der Waals surface area contributed by atoms with E-state index in [0.717, 1.165) is 12.5 Å². The molecule has 17 heavy (non-hydrogen) atoms. The molecule has 1 aromatic heterocycles. The van der Waals surface area contributed by atoms with E-state index >= 15 is 0 Å². The van der Waals surface area contributed by atoms with Crippen molar-refractivity contribution in [2.75, 3.05) is 25.1 Å². The first-order valence-corrected chi connectivity index (χ1v) is 7.47. The van der Waals surface area contributed by atoms with Crippen molar-refractivity contribution >= 4 is 11.8 Å². The van der Waals surface area contributed by atoms with Crippen molar-refractivity contribution in [3.63, 3.8) is 0 Å². The number of nitrogens with zero attached hydrogens (tertiary/aromatic N) is 3. The van der Waals surface area contributed by atoms with E-state index in [1.165, 1.54) is 30.0 Å². The normalized spacial score (nSPS) is 11.6. The van der Waals surface area contributed by atoms with Gasteiger partial charge in [0.25, 0.3) is 0 Å². The first-order valence-electron chi connectivity index (χ1n) is 6.31. The zero-order valence-corrected chi connectivity index (χ0v) is 12.3. The van der Waals surface area contributed by atoms with Gasteiger partial charge in [-0.2, -0.15) is 16.9 Å². The average Bonchev–Trinajstić information content (AvgIpc) is 2.63. The van der Waals surface area contributed by atoms with E-state index in [4.69, 9.17) is 0 Å². The van der Waals surface area contributed by atoms with Gasteiger partial charge in [-0.3, -0.25) is 4.68 Å². The van der Waals surface area contributed by atoms with E-state index in [0.29, 0.717) is 0 Å². The van der Waals surface area contributed by atoms with Gasteiger partial charge in [0.2, 0.25) is 0 Å². The number of aromatic nitrogens is 2. The highest BCUT2D eigenvalue weighted by atomic mass is 32.2. The minimum atomic E-state index is 0.813. The molecule has 98 valence electrons. The third kappa shape index (κ3) is 6.74. The van der Waals surface area contributed by atoms with Crippen molar-refractivity contribution in [2.24, 2.45) is 13.0 Å². The van der Waals surface area contributed by atoms with E-state index < -0.39 is 0 Å². The molecule has 0 radical (unpaired) electrons. The second-order valence-corrected chi connectivity index (χ2v) is 6.23. The molecular weight excluding hydrogens is 230 g/mol. The second kappa shape index (κ2) is 7.77. The van der Waals surface area contributed by atoms with E-state index in [1.807, 2.05) is 17.9 Å². The van der Waals surface area contributed by atoms with Crippen molar-refractivity contribution in [3.05, 3.63) is 18.0 Å². The molecule has 0 fully saturated rings. The van der Waals surface area contributed by atoms with Crippen LogP contribution >= 0.6 is 11.8 Å². The Bertz CT molecular complexity index is 309. The molecule has 3 nitrogen and oxygen atoms in total. The lowest BCUT2D eigenvalue weighted by Gasteiger charge is -2.15. The second-order valence-electron chi connectivity index (χ2n) is 5.08. The largest absolute Gasteiger partial charge is 0.302 e. The molecular formula is C13H25N3S. The van der Waals surface area contributed by atoms with Crippen LogP contribution in [0.5, 0.6) is 0 Å². The lowest BCUT2D eigenvalue weighted by Crippen LogP contribution is -2.19. The Morgan fingerprint density at radius 2 is 2.24 bits per heavy atom. The molecule has 0 unspecified atom stereocenters. The Kier molecular flexibility index (Phi) is 6.66. The minimum Gasteiger partial charge on any atom is -0.302 e. The SMILES string of the molecule is CC(C)CSCCCN(C)Cc1cnn(C)c1. The van der Waals surface area contributed by atoms with Crippen molar-refractivity contribution < 1.29 is 0 Å². The van der Waals surface area contributed by atoms with Crippen LogP contribution < -0.4 is 0 Å². The number of thioether (sulfide) groups is 1. The van der Waals surface area contributed by atoms with Gasteiger partial charge in [0, 0.05) is 25.4 Å². The van der Waals surface area contributed by atoms with Crippen molar-refractivity contribution in [1.82, 2.24) is 14.7 Å². The lowest BCUT2D eigenvalue weighted by atomic mass is 10.3. The van der Waals surface area contributed by atoms with Crippen LogP contribution in [0.1, 0.15) is 25.8 Å².